The standard InChI is InChI=1S/C23H35NO2S/c1-4-5-22(23-13-17-10-18(14-23)12-19(11-17)15-23)24-27(25,26)21-8-6-20(7-9-21)16(2)3/h6-9,16-19,22,24H,4-5,10-15H2,1-3H3. The Morgan fingerprint density at radius 2 is 1.52 bits per heavy atom. The molecule has 0 radical (unpaired) electrons. The summed E-state index contributed by atoms with van der Waals surface area (Å²) >= 11 is 0. The second kappa shape index (κ2) is 7.18. The summed E-state index contributed by atoms with van der Waals surface area (Å²) in [5, 5.41) is 0. The minimum absolute atomic E-state index is 0.0886. The molecule has 4 aliphatic carbocycles. The Kier molecular flexibility index (Phi) is 5.17. The lowest BCUT2D eigenvalue weighted by molar-refractivity contribution is -0.0712. The minimum Gasteiger partial charge on any atom is -0.208 e. The normalized spacial score (nSPS) is 33.6. The summed E-state index contributed by atoms with van der Waals surface area (Å²) in [4.78, 5) is 0.415. The molecule has 3 nitrogen and oxygen atoms in total. The van der Waals surface area contributed by atoms with Crippen LogP contribution in [0.2, 0.25) is 0 Å². The van der Waals surface area contributed by atoms with Crippen LogP contribution in [0.25, 0.3) is 0 Å². The van der Waals surface area contributed by atoms with Gasteiger partial charge < -0.3 is 0 Å². The molecule has 1 aromatic carbocycles. The van der Waals surface area contributed by atoms with Crippen LogP contribution in [0.1, 0.15) is 83.6 Å². The van der Waals surface area contributed by atoms with Crippen LogP contribution in [0, 0.1) is 23.2 Å². The van der Waals surface area contributed by atoms with Crippen LogP contribution >= 0.6 is 0 Å². The van der Waals surface area contributed by atoms with Gasteiger partial charge in [-0.05, 0) is 91.7 Å². The monoisotopic (exact) mass is 389 g/mol. The van der Waals surface area contributed by atoms with Crippen molar-refractivity contribution in [1.29, 1.82) is 0 Å². The number of sulfonamides is 1. The van der Waals surface area contributed by atoms with Crippen molar-refractivity contribution in [1.82, 2.24) is 4.72 Å². The van der Waals surface area contributed by atoms with Crippen molar-refractivity contribution in [2.24, 2.45) is 23.2 Å². The quantitative estimate of drug-likeness (QED) is 0.672. The van der Waals surface area contributed by atoms with Gasteiger partial charge in [0.2, 0.25) is 10.0 Å². The van der Waals surface area contributed by atoms with Crippen LogP contribution in [0.5, 0.6) is 0 Å². The zero-order valence-electron chi connectivity index (χ0n) is 17.1. The molecule has 1 unspecified atom stereocenters. The second-order valence-electron chi connectivity index (χ2n) is 9.97. The van der Waals surface area contributed by atoms with Gasteiger partial charge in [0.1, 0.15) is 0 Å². The minimum atomic E-state index is -3.47. The summed E-state index contributed by atoms with van der Waals surface area (Å²) in [6, 6.07) is 7.56. The van der Waals surface area contributed by atoms with E-state index in [1.807, 2.05) is 12.1 Å². The lowest BCUT2D eigenvalue weighted by atomic mass is 9.47. The molecule has 0 amide bonds. The highest BCUT2D eigenvalue weighted by Crippen LogP contribution is 2.61. The molecule has 4 fully saturated rings. The molecule has 0 aromatic heterocycles. The SMILES string of the molecule is CCCC(NS(=O)(=O)c1ccc(C(C)C)cc1)C12CC3CC(CC(C3)C1)C2. The van der Waals surface area contributed by atoms with Crippen LogP contribution in [-0.2, 0) is 10.0 Å². The number of hydrogen-bond acceptors (Lipinski definition) is 2. The Balaban J connectivity index is 1.58. The molecule has 1 atom stereocenters. The van der Waals surface area contributed by atoms with Gasteiger partial charge in [-0.1, -0.05) is 39.3 Å². The van der Waals surface area contributed by atoms with Gasteiger partial charge in [-0.3, -0.25) is 0 Å². The molecule has 4 saturated carbocycles. The van der Waals surface area contributed by atoms with Crippen LogP contribution in [0.15, 0.2) is 29.2 Å². The van der Waals surface area contributed by atoms with E-state index in [-0.39, 0.29) is 11.5 Å². The summed E-state index contributed by atoms with van der Waals surface area (Å²) in [5.74, 6) is 2.93. The molecular formula is C23H35NO2S. The maximum atomic E-state index is 13.2. The fourth-order valence-electron chi connectivity index (χ4n) is 6.67. The molecule has 4 bridgehead atoms. The Bertz CT molecular complexity index is 731. The van der Waals surface area contributed by atoms with Gasteiger partial charge in [0.05, 0.1) is 4.90 Å². The van der Waals surface area contributed by atoms with Crippen LogP contribution in [0.4, 0.5) is 0 Å². The maximum absolute atomic E-state index is 13.2. The van der Waals surface area contributed by atoms with E-state index in [1.165, 1.54) is 44.1 Å². The van der Waals surface area contributed by atoms with E-state index in [9.17, 15) is 8.42 Å². The fraction of sp³-hybridized carbons (Fsp3) is 0.739. The fourth-order valence-corrected chi connectivity index (χ4v) is 8.04. The average Bonchev–Trinajstić information content (AvgIpc) is 2.60. The highest BCUT2D eigenvalue weighted by molar-refractivity contribution is 7.89. The molecular weight excluding hydrogens is 354 g/mol. The largest absolute Gasteiger partial charge is 0.240 e. The molecule has 0 saturated heterocycles. The molecule has 0 heterocycles. The van der Waals surface area contributed by atoms with Crippen LogP contribution in [-0.4, -0.2) is 14.5 Å². The molecule has 27 heavy (non-hydrogen) atoms. The molecule has 4 heteroatoms. The van der Waals surface area contributed by atoms with E-state index in [2.05, 4.69) is 25.5 Å². The van der Waals surface area contributed by atoms with Gasteiger partial charge >= 0.3 is 0 Å². The number of rotatable bonds is 7. The van der Waals surface area contributed by atoms with Crippen molar-refractivity contribution in [3.63, 3.8) is 0 Å². The topological polar surface area (TPSA) is 46.2 Å². The molecule has 150 valence electrons. The first kappa shape index (κ1) is 19.4. The molecule has 5 rings (SSSR count). The van der Waals surface area contributed by atoms with E-state index in [1.54, 1.807) is 12.1 Å². The Morgan fingerprint density at radius 3 is 1.96 bits per heavy atom. The smallest absolute Gasteiger partial charge is 0.208 e. The first-order chi connectivity index (χ1) is 12.8. The Hall–Kier alpha value is -0.870. The molecule has 1 aromatic rings. The van der Waals surface area contributed by atoms with Crippen molar-refractivity contribution in [3.8, 4) is 0 Å². The predicted molar refractivity (Wildman–Crippen MR) is 110 cm³/mol. The number of benzene rings is 1. The average molecular weight is 390 g/mol. The zero-order valence-corrected chi connectivity index (χ0v) is 17.9. The summed E-state index contributed by atoms with van der Waals surface area (Å²) in [5.41, 5.74) is 1.38. The molecule has 1 N–H and O–H groups in total. The van der Waals surface area contributed by atoms with E-state index < -0.39 is 10.0 Å². The van der Waals surface area contributed by atoms with Gasteiger partial charge in [-0.15, -0.1) is 0 Å². The van der Waals surface area contributed by atoms with Crippen LogP contribution < -0.4 is 4.72 Å². The number of hydrogen-bond donors (Lipinski definition) is 1. The summed E-state index contributed by atoms with van der Waals surface area (Å²) in [7, 11) is -3.47. The summed E-state index contributed by atoms with van der Waals surface area (Å²) < 4.78 is 29.5. The highest BCUT2D eigenvalue weighted by Gasteiger charge is 2.54. The Morgan fingerprint density at radius 1 is 1.00 bits per heavy atom. The van der Waals surface area contributed by atoms with Gasteiger partial charge in [0, 0.05) is 6.04 Å². The molecule has 0 aliphatic heterocycles. The van der Waals surface area contributed by atoms with Gasteiger partial charge in [0.15, 0.2) is 0 Å². The lowest BCUT2D eigenvalue weighted by Crippen LogP contribution is -2.56. The first-order valence-electron chi connectivity index (χ1n) is 10.9. The van der Waals surface area contributed by atoms with Crippen molar-refractivity contribution in [2.45, 2.75) is 89.0 Å². The predicted octanol–water partition coefficient (Wildman–Crippen LogP) is 5.47. The van der Waals surface area contributed by atoms with E-state index in [4.69, 9.17) is 0 Å². The third-order valence-corrected chi connectivity index (χ3v) is 9.04. The van der Waals surface area contributed by atoms with E-state index >= 15 is 0 Å². The molecule has 0 spiro atoms. The van der Waals surface area contributed by atoms with Crippen molar-refractivity contribution >= 4 is 10.0 Å². The molecule has 4 aliphatic rings. The zero-order chi connectivity index (χ0) is 19.2. The third kappa shape index (κ3) is 3.72. The maximum Gasteiger partial charge on any atom is 0.240 e. The Labute approximate surface area is 165 Å². The summed E-state index contributed by atoms with van der Waals surface area (Å²) in [6.07, 6.45) is 9.86. The van der Waals surface area contributed by atoms with Crippen molar-refractivity contribution < 1.29 is 8.42 Å². The van der Waals surface area contributed by atoms with Gasteiger partial charge in [-0.25, -0.2) is 13.1 Å². The third-order valence-electron chi connectivity index (χ3n) is 7.56. The highest BCUT2D eigenvalue weighted by atomic mass is 32.2. The summed E-state index contributed by atoms with van der Waals surface area (Å²) in [6.45, 7) is 6.44. The number of nitrogens with one attached hydrogen (secondary N) is 1. The van der Waals surface area contributed by atoms with E-state index in [0.717, 1.165) is 30.6 Å². The first-order valence-corrected chi connectivity index (χ1v) is 12.4. The van der Waals surface area contributed by atoms with Crippen molar-refractivity contribution in [3.05, 3.63) is 29.8 Å². The van der Waals surface area contributed by atoms with Crippen LogP contribution in [0.3, 0.4) is 0 Å². The second-order valence-corrected chi connectivity index (χ2v) is 11.7. The van der Waals surface area contributed by atoms with E-state index in [0.29, 0.717) is 10.8 Å². The lowest BCUT2D eigenvalue weighted by Gasteiger charge is -2.59. The van der Waals surface area contributed by atoms with Gasteiger partial charge in [-0.2, -0.15) is 0 Å². The van der Waals surface area contributed by atoms with Crippen molar-refractivity contribution in [2.75, 3.05) is 0 Å². The van der Waals surface area contributed by atoms with Gasteiger partial charge in [0.25, 0.3) is 0 Å².